The fraction of sp³-hybridized carbons (Fsp3) is 0.765. The molecule has 1 aromatic rings. The van der Waals surface area contributed by atoms with E-state index in [4.69, 9.17) is 4.42 Å². The van der Waals surface area contributed by atoms with Crippen LogP contribution in [0.1, 0.15) is 45.8 Å². The summed E-state index contributed by atoms with van der Waals surface area (Å²) in [7, 11) is 0. The molecule has 1 aliphatic heterocycles. The van der Waals surface area contributed by atoms with Crippen LogP contribution in [0, 0.1) is 5.92 Å². The Kier molecular flexibility index (Phi) is 6.11. The minimum Gasteiger partial charge on any atom is -0.469 e. The summed E-state index contributed by atoms with van der Waals surface area (Å²) in [5.74, 6) is 1.89. The van der Waals surface area contributed by atoms with Gasteiger partial charge in [0.25, 0.3) is 0 Å². The van der Waals surface area contributed by atoms with Gasteiger partial charge >= 0.3 is 0 Å². The first kappa shape index (κ1) is 15.6. The third-order valence-electron chi connectivity index (χ3n) is 4.13. The van der Waals surface area contributed by atoms with Crippen LogP contribution in [0.15, 0.2) is 22.8 Å². The molecule has 1 aliphatic rings. The molecule has 0 aromatic carbocycles. The summed E-state index contributed by atoms with van der Waals surface area (Å²) in [6.45, 7) is 10.7. The zero-order valence-electron chi connectivity index (χ0n) is 13.3. The summed E-state index contributed by atoms with van der Waals surface area (Å²) in [6.07, 6.45) is 6.53. The molecule has 1 atom stereocenters. The van der Waals surface area contributed by atoms with Gasteiger partial charge in [-0.1, -0.05) is 13.8 Å². The highest BCUT2D eigenvalue weighted by Gasteiger charge is 2.20. The summed E-state index contributed by atoms with van der Waals surface area (Å²) >= 11 is 0. The number of piperidine rings is 1. The molecule has 114 valence electrons. The van der Waals surface area contributed by atoms with Crippen LogP contribution < -0.4 is 5.32 Å². The van der Waals surface area contributed by atoms with Gasteiger partial charge in [-0.05, 0) is 57.3 Å². The zero-order valence-corrected chi connectivity index (χ0v) is 13.3. The molecule has 1 N–H and O–H groups in total. The predicted molar refractivity (Wildman–Crippen MR) is 83.9 cm³/mol. The molecule has 0 saturated carbocycles. The third-order valence-corrected chi connectivity index (χ3v) is 4.13. The first-order chi connectivity index (χ1) is 9.63. The Balaban J connectivity index is 1.62. The highest BCUT2D eigenvalue weighted by Crippen LogP contribution is 2.14. The fourth-order valence-electron chi connectivity index (χ4n) is 3.10. The van der Waals surface area contributed by atoms with E-state index in [1.165, 1.54) is 32.5 Å². The average molecular weight is 278 g/mol. The Morgan fingerprint density at radius 1 is 1.30 bits per heavy atom. The number of likely N-dealkylation sites (tertiary alicyclic amines) is 1. The van der Waals surface area contributed by atoms with Gasteiger partial charge in [0.15, 0.2) is 0 Å². The van der Waals surface area contributed by atoms with E-state index in [2.05, 4.69) is 37.1 Å². The molecule has 1 unspecified atom stereocenters. The number of hydrogen-bond acceptors (Lipinski definition) is 3. The largest absolute Gasteiger partial charge is 0.469 e. The van der Waals surface area contributed by atoms with E-state index in [-0.39, 0.29) is 0 Å². The maximum Gasteiger partial charge on any atom is 0.103 e. The van der Waals surface area contributed by atoms with Crippen LogP contribution in [-0.4, -0.2) is 36.6 Å². The minimum atomic E-state index is 0.571. The van der Waals surface area contributed by atoms with Crippen LogP contribution in [-0.2, 0) is 6.42 Å². The second kappa shape index (κ2) is 7.84. The van der Waals surface area contributed by atoms with Crippen molar-refractivity contribution in [2.45, 2.75) is 58.5 Å². The SMILES string of the molecule is CC(C)CN1CCC(NC(C)CCc2ccco2)CC1. The quantitative estimate of drug-likeness (QED) is 0.829. The fourth-order valence-corrected chi connectivity index (χ4v) is 3.10. The van der Waals surface area contributed by atoms with Gasteiger partial charge in [0.2, 0.25) is 0 Å². The van der Waals surface area contributed by atoms with E-state index >= 15 is 0 Å². The summed E-state index contributed by atoms with van der Waals surface area (Å²) in [5, 5.41) is 3.79. The number of hydrogen-bond donors (Lipinski definition) is 1. The van der Waals surface area contributed by atoms with Crippen molar-refractivity contribution in [2.24, 2.45) is 5.92 Å². The minimum absolute atomic E-state index is 0.571. The normalized spacial score (nSPS) is 19.6. The lowest BCUT2D eigenvalue weighted by Crippen LogP contribution is -2.46. The van der Waals surface area contributed by atoms with Crippen molar-refractivity contribution >= 4 is 0 Å². The second-order valence-corrected chi connectivity index (χ2v) is 6.65. The summed E-state index contributed by atoms with van der Waals surface area (Å²) in [4.78, 5) is 2.61. The topological polar surface area (TPSA) is 28.4 Å². The number of nitrogens with zero attached hydrogens (tertiary/aromatic N) is 1. The van der Waals surface area contributed by atoms with Gasteiger partial charge in [0, 0.05) is 25.0 Å². The first-order valence-electron chi connectivity index (χ1n) is 8.14. The molecule has 1 fully saturated rings. The maximum absolute atomic E-state index is 5.39. The number of rotatable bonds is 7. The summed E-state index contributed by atoms with van der Waals surface area (Å²) < 4.78 is 5.39. The molecule has 0 aliphatic carbocycles. The Bertz CT molecular complexity index is 353. The van der Waals surface area contributed by atoms with Crippen molar-refractivity contribution in [3.63, 3.8) is 0 Å². The standard InChI is InChI=1S/C17H30N2O/c1-14(2)13-19-10-8-16(9-11-19)18-15(3)6-7-17-5-4-12-20-17/h4-5,12,14-16,18H,6-11,13H2,1-3H3. The third kappa shape index (κ3) is 5.29. The average Bonchev–Trinajstić information content (AvgIpc) is 2.91. The van der Waals surface area contributed by atoms with Crippen LogP contribution >= 0.6 is 0 Å². The summed E-state index contributed by atoms with van der Waals surface area (Å²) in [6, 6.07) is 5.31. The van der Waals surface area contributed by atoms with E-state index in [0.717, 1.165) is 24.5 Å². The van der Waals surface area contributed by atoms with E-state index < -0.39 is 0 Å². The van der Waals surface area contributed by atoms with E-state index in [1.807, 2.05) is 6.07 Å². The molecular weight excluding hydrogens is 248 g/mol. The van der Waals surface area contributed by atoms with Gasteiger partial charge < -0.3 is 14.6 Å². The number of furan rings is 1. The van der Waals surface area contributed by atoms with Gasteiger partial charge in [0.05, 0.1) is 6.26 Å². The van der Waals surface area contributed by atoms with Crippen LogP contribution in [0.2, 0.25) is 0 Å². The lowest BCUT2D eigenvalue weighted by atomic mass is 10.0. The molecule has 1 saturated heterocycles. The lowest BCUT2D eigenvalue weighted by molar-refractivity contribution is 0.174. The molecule has 2 heterocycles. The van der Waals surface area contributed by atoms with Crippen molar-refractivity contribution in [3.8, 4) is 0 Å². The van der Waals surface area contributed by atoms with E-state index in [1.54, 1.807) is 6.26 Å². The van der Waals surface area contributed by atoms with Gasteiger partial charge in [-0.3, -0.25) is 0 Å². The smallest absolute Gasteiger partial charge is 0.103 e. The molecule has 3 heteroatoms. The molecule has 2 rings (SSSR count). The van der Waals surface area contributed by atoms with Crippen molar-refractivity contribution < 1.29 is 4.42 Å². The Hall–Kier alpha value is -0.800. The van der Waals surface area contributed by atoms with Crippen molar-refractivity contribution in [3.05, 3.63) is 24.2 Å². The Morgan fingerprint density at radius 2 is 2.05 bits per heavy atom. The number of aryl methyl sites for hydroxylation is 1. The predicted octanol–water partition coefficient (Wildman–Crippen LogP) is 3.31. The second-order valence-electron chi connectivity index (χ2n) is 6.65. The van der Waals surface area contributed by atoms with Gasteiger partial charge in [-0.15, -0.1) is 0 Å². The van der Waals surface area contributed by atoms with Crippen LogP contribution in [0.5, 0.6) is 0 Å². The number of nitrogens with one attached hydrogen (secondary N) is 1. The molecule has 0 amide bonds. The zero-order chi connectivity index (χ0) is 14.4. The van der Waals surface area contributed by atoms with Crippen molar-refractivity contribution in [1.29, 1.82) is 0 Å². The molecule has 3 nitrogen and oxygen atoms in total. The maximum atomic E-state index is 5.39. The highest BCUT2D eigenvalue weighted by molar-refractivity contribution is 4.98. The van der Waals surface area contributed by atoms with Crippen LogP contribution in [0.3, 0.4) is 0 Å². The summed E-state index contributed by atoms with van der Waals surface area (Å²) in [5.41, 5.74) is 0. The van der Waals surface area contributed by atoms with Crippen LogP contribution in [0.25, 0.3) is 0 Å². The molecule has 0 spiro atoms. The molecular formula is C17H30N2O. The van der Waals surface area contributed by atoms with Crippen LogP contribution in [0.4, 0.5) is 0 Å². The Labute approximate surface area is 123 Å². The molecule has 0 bridgehead atoms. The van der Waals surface area contributed by atoms with Gasteiger partial charge in [-0.2, -0.15) is 0 Å². The van der Waals surface area contributed by atoms with Gasteiger partial charge in [-0.25, -0.2) is 0 Å². The van der Waals surface area contributed by atoms with E-state index in [0.29, 0.717) is 12.1 Å². The lowest BCUT2D eigenvalue weighted by Gasteiger charge is -2.34. The molecule has 20 heavy (non-hydrogen) atoms. The Morgan fingerprint density at radius 3 is 2.65 bits per heavy atom. The van der Waals surface area contributed by atoms with Gasteiger partial charge in [0.1, 0.15) is 5.76 Å². The highest BCUT2D eigenvalue weighted by atomic mass is 16.3. The molecule has 1 aromatic heterocycles. The first-order valence-corrected chi connectivity index (χ1v) is 8.14. The van der Waals surface area contributed by atoms with E-state index in [9.17, 15) is 0 Å². The van der Waals surface area contributed by atoms with Crippen molar-refractivity contribution in [1.82, 2.24) is 10.2 Å². The molecule has 0 radical (unpaired) electrons. The monoisotopic (exact) mass is 278 g/mol. The van der Waals surface area contributed by atoms with Crippen molar-refractivity contribution in [2.75, 3.05) is 19.6 Å².